The molecule has 29 heavy (non-hydrogen) atoms. The fourth-order valence-corrected chi connectivity index (χ4v) is 4.18. The van der Waals surface area contributed by atoms with E-state index < -0.39 is 6.04 Å². The summed E-state index contributed by atoms with van der Waals surface area (Å²) in [6, 6.07) is 17.4. The summed E-state index contributed by atoms with van der Waals surface area (Å²) < 4.78 is 0.960. The molecule has 2 aromatic rings. The second-order valence-corrected chi connectivity index (χ2v) is 8.97. The van der Waals surface area contributed by atoms with E-state index in [2.05, 4.69) is 28.2 Å². The number of hydrogen-bond acceptors (Lipinski definition) is 3. The summed E-state index contributed by atoms with van der Waals surface area (Å²) in [6.45, 7) is 4.95. The molecule has 0 spiro atoms. The van der Waals surface area contributed by atoms with Crippen molar-refractivity contribution in [1.29, 1.82) is 0 Å². The Balaban J connectivity index is 2.03. The maximum atomic E-state index is 13.0. The number of carbonyl (C=O) groups is 2. The van der Waals surface area contributed by atoms with Gasteiger partial charge in [-0.3, -0.25) is 9.59 Å². The van der Waals surface area contributed by atoms with Crippen molar-refractivity contribution in [2.24, 2.45) is 0 Å². The molecule has 2 rings (SSSR count). The SMILES string of the molecule is CCCCNC(=O)C(C)N(Cc1cccc(Br)c1)C(=O)CCSc1ccccc1. The van der Waals surface area contributed by atoms with Crippen molar-refractivity contribution < 1.29 is 9.59 Å². The highest BCUT2D eigenvalue weighted by molar-refractivity contribution is 9.10. The maximum absolute atomic E-state index is 13.0. The zero-order chi connectivity index (χ0) is 21.1. The molecule has 0 aliphatic carbocycles. The van der Waals surface area contributed by atoms with Gasteiger partial charge in [-0.15, -0.1) is 11.8 Å². The van der Waals surface area contributed by atoms with E-state index in [0.29, 0.717) is 25.3 Å². The van der Waals surface area contributed by atoms with E-state index in [0.717, 1.165) is 27.8 Å². The molecule has 0 aromatic heterocycles. The molecule has 1 atom stereocenters. The largest absolute Gasteiger partial charge is 0.354 e. The molecule has 2 amide bonds. The summed E-state index contributed by atoms with van der Waals surface area (Å²) in [6.07, 6.45) is 2.35. The van der Waals surface area contributed by atoms with Crippen LogP contribution in [-0.4, -0.2) is 35.1 Å². The van der Waals surface area contributed by atoms with Gasteiger partial charge in [-0.2, -0.15) is 0 Å². The number of nitrogens with zero attached hydrogens (tertiary/aromatic N) is 1. The zero-order valence-corrected chi connectivity index (χ0v) is 19.5. The van der Waals surface area contributed by atoms with Crippen molar-refractivity contribution in [2.45, 2.75) is 50.6 Å². The molecule has 1 N–H and O–H groups in total. The van der Waals surface area contributed by atoms with Gasteiger partial charge in [0.1, 0.15) is 6.04 Å². The van der Waals surface area contributed by atoms with Gasteiger partial charge in [0, 0.05) is 34.6 Å². The molecule has 0 radical (unpaired) electrons. The molecule has 0 aliphatic rings. The third-order valence-corrected chi connectivity index (χ3v) is 6.07. The number of rotatable bonds is 11. The Morgan fingerprint density at radius 2 is 1.90 bits per heavy atom. The minimum atomic E-state index is -0.514. The lowest BCUT2D eigenvalue weighted by Gasteiger charge is -2.29. The van der Waals surface area contributed by atoms with Crippen LogP contribution in [-0.2, 0) is 16.1 Å². The molecule has 6 heteroatoms. The van der Waals surface area contributed by atoms with Gasteiger partial charge in [0.15, 0.2) is 0 Å². The smallest absolute Gasteiger partial charge is 0.242 e. The van der Waals surface area contributed by atoms with Crippen molar-refractivity contribution in [3.63, 3.8) is 0 Å². The Labute approximate surface area is 186 Å². The molecule has 4 nitrogen and oxygen atoms in total. The van der Waals surface area contributed by atoms with Crippen LogP contribution in [0.15, 0.2) is 64.0 Å². The summed E-state index contributed by atoms with van der Waals surface area (Å²) >= 11 is 5.14. The maximum Gasteiger partial charge on any atom is 0.242 e. The Bertz CT molecular complexity index is 785. The number of amides is 2. The van der Waals surface area contributed by atoms with Gasteiger partial charge in [-0.05, 0) is 43.2 Å². The Kier molecular flexibility index (Phi) is 10.3. The third kappa shape index (κ3) is 8.23. The van der Waals surface area contributed by atoms with E-state index in [-0.39, 0.29) is 11.8 Å². The van der Waals surface area contributed by atoms with E-state index in [4.69, 9.17) is 0 Å². The highest BCUT2D eigenvalue weighted by Gasteiger charge is 2.25. The quantitative estimate of drug-likeness (QED) is 0.355. The first-order chi connectivity index (χ1) is 14.0. The fourth-order valence-electron chi connectivity index (χ4n) is 2.87. The number of benzene rings is 2. The van der Waals surface area contributed by atoms with E-state index in [1.54, 1.807) is 16.7 Å². The van der Waals surface area contributed by atoms with E-state index in [1.807, 2.05) is 61.5 Å². The molecule has 2 aromatic carbocycles. The van der Waals surface area contributed by atoms with E-state index in [9.17, 15) is 9.59 Å². The molecular formula is C23H29BrN2O2S. The summed E-state index contributed by atoms with van der Waals surface area (Å²) in [4.78, 5) is 28.4. The summed E-state index contributed by atoms with van der Waals surface area (Å²) in [5.74, 6) is 0.575. The molecular weight excluding hydrogens is 448 g/mol. The van der Waals surface area contributed by atoms with E-state index >= 15 is 0 Å². The summed E-state index contributed by atoms with van der Waals surface area (Å²) in [7, 11) is 0. The zero-order valence-electron chi connectivity index (χ0n) is 17.1. The lowest BCUT2D eigenvalue weighted by Crippen LogP contribution is -2.47. The first kappa shape index (κ1) is 23.5. The second kappa shape index (κ2) is 12.7. The van der Waals surface area contributed by atoms with Gasteiger partial charge in [-0.25, -0.2) is 0 Å². The second-order valence-electron chi connectivity index (χ2n) is 6.88. The predicted octanol–water partition coefficient (Wildman–Crippen LogP) is 5.26. The average molecular weight is 477 g/mol. The van der Waals surface area contributed by atoms with Crippen LogP contribution in [0, 0.1) is 0 Å². The van der Waals surface area contributed by atoms with Crippen molar-refractivity contribution in [3.05, 3.63) is 64.6 Å². The molecule has 156 valence electrons. The van der Waals surface area contributed by atoms with E-state index in [1.165, 1.54) is 0 Å². The van der Waals surface area contributed by atoms with Crippen LogP contribution in [0.2, 0.25) is 0 Å². The number of carbonyl (C=O) groups excluding carboxylic acids is 2. The molecule has 0 bridgehead atoms. The van der Waals surface area contributed by atoms with Crippen LogP contribution < -0.4 is 5.32 Å². The molecule has 1 unspecified atom stereocenters. The Hall–Kier alpha value is -1.79. The topological polar surface area (TPSA) is 49.4 Å². The number of hydrogen-bond donors (Lipinski definition) is 1. The van der Waals surface area contributed by atoms with Gasteiger partial charge < -0.3 is 10.2 Å². The van der Waals surface area contributed by atoms with Crippen LogP contribution in [0.4, 0.5) is 0 Å². The Morgan fingerprint density at radius 3 is 2.59 bits per heavy atom. The number of unbranched alkanes of at least 4 members (excludes halogenated alkanes) is 1. The lowest BCUT2D eigenvalue weighted by atomic mass is 10.1. The standard InChI is InChI=1S/C23H29BrN2O2S/c1-3-4-14-25-23(28)18(2)26(17-19-9-8-10-20(24)16-19)22(27)13-15-29-21-11-6-5-7-12-21/h5-12,16,18H,3-4,13-15,17H2,1-2H3,(H,25,28). The highest BCUT2D eigenvalue weighted by atomic mass is 79.9. The Morgan fingerprint density at radius 1 is 1.14 bits per heavy atom. The fraction of sp³-hybridized carbons (Fsp3) is 0.391. The number of nitrogens with one attached hydrogen (secondary N) is 1. The predicted molar refractivity (Wildman–Crippen MR) is 124 cm³/mol. The molecule has 0 aliphatic heterocycles. The number of thioether (sulfide) groups is 1. The van der Waals surface area contributed by atoms with Crippen molar-refractivity contribution >= 4 is 39.5 Å². The molecule has 0 heterocycles. The molecule has 0 saturated heterocycles. The third-order valence-electron chi connectivity index (χ3n) is 4.57. The number of halogens is 1. The van der Waals surface area contributed by atoms with Gasteiger partial charge >= 0.3 is 0 Å². The van der Waals surface area contributed by atoms with Crippen LogP contribution >= 0.6 is 27.7 Å². The minimum Gasteiger partial charge on any atom is -0.354 e. The van der Waals surface area contributed by atoms with Crippen LogP contribution in [0.3, 0.4) is 0 Å². The normalized spacial score (nSPS) is 11.7. The van der Waals surface area contributed by atoms with Crippen molar-refractivity contribution in [3.8, 4) is 0 Å². The average Bonchev–Trinajstić information content (AvgIpc) is 2.72. The van der Waals surface area contributed by atoms with Gasteiger partial charge in [0.25, 0.3) is 0 Å². The van der Waals surface area contributed by atoms with Crippen LogP contribution in [0.25, 0.3) is 0 Å². The summed E-state index contributed by atoms with van der Waals surface area (Å²) in [5.41, 5.74) is 0.997. The van der Waals surface area contributed by atoms with Crippen molar-refractivity contribution in [1.82, 2.24) is 10.2 Å². The molecule has 0 fully saturated rings. The monoisotopic (exact) mass is 476 g/mol. The van der Waals surface area contributed by atoms with Crippen molar-refractivity contribution in [2.75, 3.05) is 12.3 Å². The summed E-state index contributed by atoms with van der Waals surface area (Å²) in [5, 5.41) is 2.95. The lowest BCUT2D eigenvalue weighted by molar-refractivity contribution is -0.140. The van der Waals surface area contributed by atoms with Crippen LogP contribution in [0.1, 0.15) is 38.7 Å². The first-order valence-electron chi connectivity index (χ1n) is 10.0. The van der Waals surface area contributed by atoms with Gasteiger partial charge in [0.05, 0.1) is 0 Å². The van der Waals surface area contributed by atoms with Gasteiger partial charge in [-0.1, -0.05) is 59.6 Å². The van der Waals surface area contributed by atoms with Gasteiger partial charge in [0.2, 0.25) is 11.8 Å². The minimum absolute atomic E-state index is 0.00783. The highest BCUT2D eigenvalue weighted by Crippen LogP contribution is 2.20. The first-order valence-corrected chi connectivity index (χ1v) is 11.8. The molecule has 0 saturated carbocycles. The van der Waals surface area contributed by atoms with Crippen LogP contribution in [0.5, 0.6) is 0 Å².